The van der Waals surface area contributed by atoms with E-state index < -0.39 is 0 Å². The molecule has 1 fully saturated rings. The van der Waals surface area contributed by atoms with Crippen molar-refractivity contribution in [1.29, 1.82) is 0 Å². The number of hydrogen-bond acceptors (Lipinski definition) is 3. The maximum absolute atomic E-state index is 5.94. The zero-order valence-corrected chi connectivity index (χ0v) is 21.8. The number of hydrogen-bond donors (Lipinski definition) is 0. The molecule has 3 rings (SSSR count). The Morgan fingerprint density at radius 1 is 0.706 bits per heavy atom. The smallest absolute Gasteiger partial charge is 0.159 e. The Bertz CT molecular complexity index is 752. The lowest BCUT2D eigenvalue weighted by Gasteiger charge is -2.08. The molecule has 1 heterocycles. The van der Waals surface area contributed by atoms with Crippen LogP contribution in [0.2, 0.25) is 0 Å². The molecule has 0 aliphatic heterocycles. The predicted molar refractivity (Wildman–Crippen MR) is 144 cm³/mol. The van der Waals surface area contributed by atoms with Crippen molar-refractivity contribution in [2.24, 2.45) is 5.92 Å². The molecule has 0 unspecified atom stereocenters. The molecule has 2 aromatic rings. The van der Waals surface area contributed by atoms with Crippen LogP contribution in [0, 0.1) is 5.92 Å². The Hall–Kier alpha value is -1.90. The highest BCUT2D eigenvalue weighted by atomic mass is 16.5. The number of benzene rings is 1. The van der Waals surface area contributed by atoms with E-state index in [1.807, 2.05) is 24.5 Å². The number of unbranched alkanes of at least 4 members (excludes halogenated alkanes) is 12. The molecule has 0 radical (unpaired) electrons. The summed E-state index contributed by atoms with van der Waals surface area (Å²) in [4.78, 5) is 9.20. The van der Waals surface area contributed by atoms with Gasteiger partial charge in [-0.1, -0.05) is 103 Å². The molecular weight excluding hydrogens is 416 g/mol. The molecule has 0 atom stereocenters. The predicted octanol–water partition coefficient (Wildman–Crippen LogP) is 9.35. The third-order valence-corrected chi connectivity index (χ3v) is 7.11. The molecule has 1 saturated carbocycles. The molecular formula is C31H48N2O. The Kier molecular flexibility index (Phi) is 13.1. The van der Waals surface area contributed by atoms with Gasteiger partial charge in [0.05, 0.1) is 6.61 Å². The first-order valence-electron chi connectivity index (χ1n) is 14.4. The first-order valence-corrected chi connectivity index (χ1v) is 14.4. The monoisotopic (exact) mass is 464 g/mol. The van der Waals surface area contributed by atoms with Gasteiger partial charge in [0.2, 0.25) is 0 Å². The molecule has 34 heavy (non-hydrogen) atoms. The van der Waals surface area contributed by atoms with Crippen LogP contribution >= 0.6 is 0 Å². The van der Waals surface area contributed by atoms with Crippen molar-refractivity contribution in [3.8, 4) is 17.1 Å². The number of aromatic nitrogens is 2. The van der Waals surface area contributed by atoms with Crippen LogP contribution in [0.1, 0.15) is 122 Å². The minimum absolute atomic E-state index is 0.798. The highest BCUT2D eigenvalue weighted by molar-refractivity contribution is 5.55. The second-order valence-corrected chi connectivity index (χ2v) is 10.4. The fourth-order valence-electron chi connectivity index (χ4n) is 4.63. The average molecular weight is 465 g/mol. The summed E-state index contributed by atoms with van der Waals surface area (Å²) in [5.74, 6) is 2.84. The lowest BCUT2D eigenvalue weighted by Crippen LogP contribution is -1.97. The van der Waals surface area contributed by atoms with Gasteiger partial charge in [-0.15, -0.1) is 0 Å². The van der Waals surface area contributed by atoms with Gasteiger partial charge in [-0.2, -0.15) is 0 Å². The second-order valence-electron chi connectivity index (χ2n) is 10.4. The topological polar surface area (TPSA) is 35.0 Å². The van der Waals surface area contributed by atoms with Crippen LogP contribution in [0.5, 0.6) is 5.75 Å². The molecule has 0 saturated heterocycles. The van der Waals surface area contributed by atoms with E-state index in [1.165, 1.54) is 108 Å². The zero-order valence-electron chi connectivity index (χ0n) is 21.8. The molecule has 1 aliphatic rings. The van der Waals surface area contributed by atoms with Crippen molar-refractivity contribution >= 4 is 0 Å². The Morgan fingerprint density at radius 2 is 1.29 bits per heavy atom. The lowest BCUT2D eigenvalue weighted by molar-refractivity contribution is 0.304. The van der Waals surface area contributed by atoms with Crippen molar-refractivity contribution < 1.29 is 4.74 Å². The minimum Gasteiger partial charge on any atom is -0.494 e. The molecule has 3 nitrogen and oxygen atoms in total. The van der Waals surface area contributed by atoms with E-state index in [1.54, 1.807) is 0 Å². The van der Waals surface area contributed by atoms with E-state index in [0.717, 1.165) is 42.5 Å². The van der Waals surface area contributed by atoms with Crippen LogP contribution in [0.3, 0.4) is 0 Å². The van der Waals surface area contributed by atoms with Gasteiger partial charge in [0.15, 0.2) is 5.82 Å². The maximum atomic E-state index is 5.94. The van der Waals surface area contributed by atoms with Crippen LogP contribution in [0.25, 0.3) is 11.4 Å². The Morgan fingerprint density at radius 3 is 1.94 bits per heavy atom. The highest BCUT2D eigenvalue weighted by Gasteiger charge is 2.19. The van der Waals surface area contributed by atoms with Gasteiger partial charge in [0.1, 0.15) is 5.75 Å². The summed E-state index contributed by atoms with van der Waals surface area (Å²) in [5, 5.41) is 0. The van der Waals surface area contributed by atoms with E-state index in [2.05, 4.69) is 29.0 Å². The third kappa shape index (κ3) is 11.5. The largest absolute Gasteiger partial charge is 0.494 e. The van der Waals surface area contributed by atoms with Crippen molar-refractivity contribution in [2.75, 3.05) is 6.61 Å². The molecule has 188 valence electrons. The first kappa shape index (κ1) is 26.7. The lowest BCUT2D eigenvalue weighted by atomic mass is 10.1. The maximum Gasteiger partial charge on any atom is 0.159 e. The zero-order chi connectivity index (χ0) is 23.7. The molecule has 1 aromatic heterocycles. The molecule has 0 bridgehead atoms. The van der Waals surface area contributed by atoms with Crippen LogP contribution in [-0.4, -0.2) is 16.6 Å². The average Bonchev–Trinajstić information content (AvgIpc) is 3.70. The summed E-state index contributed by atoms with van der Waals surface area (Å²) in [6.07, 6.45) is 28.4. The van der Waals surface area contributed by atoms with Gasteiger partial charge in [-0.25, -0.2) is 9.97 Å². The number of aryl methyl sites for hydroxylation is 1. The summed E-state index contributed by atoms with van der Waals surface area (Å²) < 4.78 is 5.94. The number of nitrogens with zero attached hydrogens (tertiary/aromatic N) is 2. The van der Waals surface area contributed by atoms with Crippen molar-refractivity contribution in [3.63, 3.8) is 0 Å². The SMILES string of the molecule is CCCCCCCCCc1cnc(-c2ccc(OCCCCCCCCCC3CC3)cc2)nc1. The standard InChI is InChI=1S/C31H48N2O/c1-2-3-4-5-7-11-14-17-28-25-32-31(33-26-28)29-20-22-30(23-21-29)34-24-15-12-9-6-8-10-13-16-27-18-19-27/h20-23,25-27H,2-19,24H2,1H3. The van der Waals surface area contributed by atoms with Crippen LogP contribution < -0.4 is 4.74 Å². The van der Waals surface area contributed by atoms with Crippen molar-refractivity contribution in [3.05, 3.63) is 42.2 Å². The molecule has 3 heteroatoms. The summed E-state index contributed by atoms with van der Waals surface area (Å²) in [6.45, 7) is 3.08. The highest BCUT2D eigenvalue weighted by Crippen LogP contribution is 2.34. The summed E-state index contributed by atoms with van der Waals surface area (Å²) in [7, 11) is 0. The fraction of sp³-hybridized carbons (Fsp3) is 0.677. The van der Waals surface area contributed by atoms with E-state index in [4.69, 9.17) is 4.74 Å². The Labute approximate surface area is 209 Å². The summed E-state index contributed by atoms with van der Waals surface area (Å²) >= 11 is 0. The van der Waals surface area contributed by atoms with Gasteiger partial charge in [-0.3, -0.25) is 0 Å². The molecule has 1 aromatic carbocycles. The number of ether oxygens (including phenoxy) is 1. The van der Waals surface area contributed by atoms with Gasteiger partial charge in [-0.05, 0) is 55.0 Å². The van der Waals surface area contributed by atoms with Gasteiger partial charge < -0.3 is 4.74 Å². The van der Waals surface area contributed by atoms with Crippen LogP contribution in [0.4, 0.5) is 0 Å². The van der Waals surface area contributed by atoms with E-state index in [0.29, 0.717) is 0 Å². The Balaban J connectivity index is 1.23. The third-order valence-electron chi connectivity index (χ3n) is 7.11. The van der Waals surface area contributed by atoms with Crippen LogP contribution in [-0.2, 0) is 6.42 Å². The second kappa shape index (κ2) is 16.7. The number of rotatable bonds is 20. The van der Waals surface area contributed by atoms with Gasteiger partial charge in [0, 0.05) is 18.0 Å². The summed E-state index contributed by atoms with van der Waals surface area (Å²) in [5.41, 5.74) is 2.30. The molecule has 0 N–H and O–H groups in total. The molecule has 0 spiro atoms. The first-order chi connectivity index (χ1) is 16.8. The normalized spacial score (nSPS) is 13.3. The van der Waals surface area contributed by atoms with E-state index >= 15 is 0 Å². The van der Waals surface area contributed by atoms with E-state index in [-0.39, 0.29) is 0 Å². The van der Waals surface area contributed by atoms with Crippen molar-refractivity contribution in [1.82, 2.24) is 9.97 Å². The quantitative estimate of drug-likeness (QED) is 0.183. The minimum atomic E-state index is 0.798. The molecule has 1 aliphatic carbocycles. The van der Waals surface area contributed by atoms with Gasteiger partial charge in [0.25, 0.3) is 0 Å². The van der Waals surface area contributed by atoms with Crippen LogP contribution in [0.15, 0.2) is 36.7 Å². The van der Waals surface area contributed by atoms with E-state index in [9.17, 15) is 0 Å². The summed E-state index contributed by atoms with van der Waals surface area (Å²) in [6, 6.07) is 8.24. The molecule has 0 amide bonds. The van der Waals surface area contributed by atoms with Crippen molar-refractivity contribution in [2.45, 2.75) is 122 Å². The fourth-order valence-corrected chi connectivity index (χ4v) is 4.63. The van der Waals surface area contributed by atoms with Gasteiger partial charge >= 0.3 is 0 Å².